The van der Waals surface area contributed by atoms with Crippen molar-refractivity contribution in [3.63, 3.8) is 0 Å². The van der Waals surface area contributed by atoms with Crippen LogP contribution >= 0.6 is 0 Å². The molecule has 3 heterocycles. The molecule has 0 spiro atoms. The van der Waals surface area contributed by atoms with Crippen molar-refractivity contribution < 1.29 is 4.39 Å². The van der Waals surface area contributed by atoms with Crippen LogP contribution in [0.5, 0.6) is 0 Å². The molecule has 0 fully saturated rings. The summed E-state index contributed by atoms with van der Waals surface area (Å²) in [4.78, 5) is 6.86. The number of aromatic nitrogens is 4. The summed E-state index contributed by atoms with van der Waals surface area (Å²) < 4.78 is 17.5. The van der Waals surface area contributed by atoms with Crippen molar-refractivity contribution in [3.05, 3.63) is 65.3 Å². The number of hydrogen-bond donors (Lipinski definition) is 0. The Bertz CT molecular complexity index is 909. The number of rotatable bonds is 3. The molecule has 3 aromatic rings. The first-order chi connectivity index (χ1) is 12.3. The summed E-state index contributed by atoms with van der Waals surface area (Å²) in [5.41, 5.74) is 4.79. The minimum atomic E-state index is -0.211. The number of halogens is 1. The normalized spacial score (nSPS) is 16.8. The molecule has 5 rings (SSSR count). The van der Waals surface area contributed by atoms with Gasteiger partial charge in [-0.3, -0.25) is 4.90 Å². The van der Waals surface area contributed by atoms with Gasteiger partial charge in [-0.2, -0.15) is 5.10 Å². The molecule has 0 atom stereocenters. The monoisotopic (exact) mass is 337 g/mol. The predicted molar refractivity (Wildman–Crippen MR) is 91.9 cm³/mol. The molecule has 0 bridgehead atoms. The lowest BCUT2D eigenvalue weighted by atomic mass is 10.2. The Morgan fingerprint density at radius 3 is 2.84 bits per heavy atom. The van der Waals surface area contributed by atoms with E-state index >= 15 is 0 Å². The van der Waals surface area contributed by atoms with Crippen molar-refractivity contribution in [2.45, 2.75) is 38.9 Å². The topological polar surface area (TPSA) is 38.9 Å². The van der Waals surface area contributed by atoms with Gasteiger partial charge in [0, 0.05) is 37.7 Å². The quantitative estimate of drug-likeness (QED) is 0.738. The van der Waals surface area contributed by atoms with Gasteiger partial charge in [-0.15, -0.1) is 0 Å². The van der Waals surface area contributed by atoms with Gasteiger partial charge in [-0.05, 0) is 49.1 Å². The molecule has 0 N–H and O–H groups in total. The lowest BCUT2D eigenvalue weighted by Gasteiger charge is -2.27. The molecule has 2 aromatic heterocycles. The van der Waals surface area contributed by atoms with E-state index in [9.17, 15) is 4.39 Å². The largest absolute Gasteiger partial charge is 0.333 e. The van der Waals surface area contributed by atoms with E-state index in [1.807, 2.05) is 29.2 Å². The molecule has 0 saturated carbocycles. The molecule has 0 unspecified atom stereocenters. The average molecular weight is 337 g/mol. The fourth-order valence-electron chi connectivity index (χ4n) is 4.01. The molecule has 6 heteroatoms. The Labute approximate surface area is 145 Å². The maximum absolute atomic E-state index is 13.2. The summed E-state index contributed by atoms with van der Waals surface area (Å²) in [7, 11) is 0. The van der Waals surface area contributed by atoms with E-state index in [1.54, 1.807) is 0 Å². The molecule has 0 radical (unpaired) electrons. The van der Waals surface area contributed by atoms with Crippen molar-refractivity contribution in [1.82, 2.24) is 24.2 Å². The molecule has 2 aliphatic rings. The molecule has 0 amide bonds. The summed E-state index contributed by atoms with van der Waals surface area (Å²) in [6.45, 7) is 3.71. The lowest BCUT2D eigenvalue weighted by molar-refractivity contribution is 0.205. The smallest absolute Gasteiger partial charge is 0.123 e. The van der Waals surface area contributed by atoms with E-state index < -0.39 is 0 Å². The second-order valence-electron chi connectivity index (χ2n) is 6.86. The fraction of sp³-hybridized carbons (Fsp3) is 0.368. The highest BCUT2D eigenvalue weighted by Crippen LogP contribution is 2.29. The molecular formula is C19H20FN5. The lowest BCUT2D eigenvalue weighted by Crippen LogP contribution is -2.33. The minimum absolute atomic E-state index is 0.211. The van der Waals surface area contributed by atoms with Gasteiger partial charge in [0.05, 0.1) is 17.9 Å². The van der Waals surface area contributed by atoms with Crippen molar-refractivity contribution in [2.24, 2.45) is 0 Å². The number of benzene rings is 1. The van der Waals surface area contributed by atoms with Gasteiger partial charge in [0.25, 0.3) is 0 Å². The van der Waals surface area contributed by atoms with Crippen molar-refractivity contribution in [3.8, 4) is 5.69 Å². The number of hydrogen-bond acceptors (Lipinski definition) is 3. The Morgan fingerprint density at radius 1 is 1.08 bits per heavy atom. The van der Waals surface area contributed by atoms with Crippen LogP contribution in [-0.2, 0) is 32.5 Å². The van der Waals surface area contributed by atoms with Gasteiger partial charge in [0.2, 0.25) is 0 Å². The second-order valence-corrected chi connectivity index (χ2v) is 6.86. The van der Waals surface area contributed by atoms with Crippen LogP contribution in [-0.4, -0.2) is 30.8 Å². The van der Waals surface area contributed by atoms with E-state index in [4.69, 9.17) is 5.10 Å². The van der Waals surface area contributed by atoms with Crippen LogP contribution in [0, 0.1) is 5.82 Å². The highest BCUT2D eigenvalue weighted by atomic mass is 19.1. The molecule has 1 aromatic carbocycles. The highest BCUT2D eigenvalue weighted by molar-refractivity contribution is 5.40. The molecule has 128 valence electrons. The highest BCUT2D eigenvalue weighted by Gasteiger charge is 2.25. The maximum Gasteiger partial charge on any atom is 0.123 e. The third kappa shape index (κ3) is 2.57. The summed E-state index contributed by atoms with van der Waals surface area (Å²) in [5.74, 6) is 0.914. The van der Waals surface area contributed by atoms with E-state index in [-0.39, 0.29) is 5.82 Å². The van der Waals surface area contributed by atoms with Gasteiger partial charge in [-0.1, -0.05) is 0 Å². The first kappa shape index (κ1) is 14.8. The van der Waals surface area contributed by atoms with Crippen LogP contribution in [0.2, 0.25) is 0 Å². The number of fused-ring (bicyclic) bond motifs is 2. The minimum Gasteiger partial charge on any atom is -0.333 e. The van der Waals surface area contributed by atoms with Crippen molar-refractivity contribution in [2.75, 3.05) is 6.54 Å². The zero-order chi connectivity index (χ0) is 16.8. The van der Waals surface area contributed by atoms with Crippen LogP contribution in [0.25, 0.3) is 5.69 Å². The first-order valence-corrected chi connectivity index (χ1v) is 8.86. The van der Waals surface area contributed by atoms with Gasteiger partial charge < -0.3 is 4.57 Å². The molecule has 25 heavy (non-hydrogen) atoms. The maximum atomic E-state index is 13.2. The van der Waals surface area contributed by atoms with E-state index in [0.29, 0.717) is 0 Å². The number of imidazole rings is 1. The Hall–Kier alpha value is -2.47. The SMILES string of the molecule is Fc1ccc(-n2nc(CN3CCn4ccnc4C3)c3c2CCC3)cc1. The molecule has 1 aliphatic heterocycles. The van der Waals surface area contributed by atoms with Crippen molar-refractivity contribution >= 4 is 0 Å². The fourth-order valence-corrected chi connectivity index (χ4v) is 4.01. The predicted octanol–water partition coefficient (Wildman–Crippen LogP) is 2.71. The van der Waals surface area contributed by atoms with Crippen LogP contribution < -0.4 is 0 Å². The van der Waals surface area contributed by atoms with Crippen LogP contribution in [0.3, 0.4) is 0 Å². The Balaban J connectivity index is 1.45. The van der Waals surface area contributed by atoms with Gasteiger partial charge in [-0.25, -0.2) is 14.1 Å². The van der Waals surface area contributed by atoms with Gasteiger partial charge >= 0.3 is 0 Å². The molecular weight excluding hydrogens is 317 g/mol. The zero-order valence-electron chi connectivity index (χ0n) is 14.0. The second kappa shape index (κ2) is 5.81. The third-order valence-corrected chi connectivity index (χ3v) is 5.28. The van der Waals surface area contributed by atoms with E-state index in [2.05, 4.69) is 14.5 Å². The number of nitrogens with zero attached hydrogens (tertiary/aromatic N) is 5. The van der Waals surface area contributed by atoms with Gasteiger partial charge in [0.1, 0.15) is 11.6 Å². The standard InChI is InChI=1S/C19H20FN5/c20-14-4-6-15(7-5-14)25-18-3-1-2-16(18)17(22-25)12-23-10-11-24-9-8-21-19(24)13-23/h4-9H,1-3,10-13H2. The van der Waals surface area contributed by atoms with Crippen LogP contribution in [0.1, 0.15) is 29.2 Å². The summed E-state index contributed by atoms with van der Waals surface area (Å²) in [5, 5.41) is 4.89. The summed E-state index contributed by atoms with van der Waals surface area (Å²) in [6.07, 6.45) is 7.23. The first-order valence-electron chi connectivity index (χ1n) is 8.86. The summed E-state index contributed by atoms with van der Waals surface area (Å²) in [6, 6.07) is 6.62. The Kier molecular flexibility index (Phi) is 3.45. The van der Waals surface area contributed by atoms with E-state index in [1.165, 1.54) is 29.8 Å². The molecule has 1 aliphatic carbocycles. The third-order valence-electron chi connectivity index (χ3n) is 5.28. The summed E-state index contributed by atoms with van der Waals surface area (Å²) >= 11 is 0. The molecule has 0 saturated heterocycles. The Morgan fingerprint density at radius 2 is 1.96 bits per heavy atom. The van der Waals surface area contributed by atoms with Gasteiger partial charge in [0.15, 0.2) is 0 Å². The zero-order valence-corrected chi connectivity index (χ0v) is 14.0. The average Bonchev–Trinajstić information content (AvgIpc) is 3.33. The van der Waals surface area contributed by atoms with Crippen LogP contribution in [0.15, 0.2) is 36.7 Å². The van der Waals surface area contributed by atoms with Crippen LogP contribution in [0.4, 0.5) is 4.39 Å². The van der Waals surface area contributed by atoms with E-state index in [0.717, 1.165) is 56.2 Å². The molecule has 5 nitrogen and oxygen atoms in total. The van der Waals surface area contributed by atoms with Crippen molar-refractivity contribution in [1.29, 1.82) is 0 Å².